The summed E-state index contributed by atoms with van der Waals surface area (Å²) in [5.41, 5.74) is 1.07. The molecule has 0 fully saturated rings. The number of carbonyl (C=O) groups is 1. The van der Waals surface area contributed by atoms with Crippen LogP contribution < -0.4 is 14.8 Å². The van der Waals surface area contributed by atoms with Crippen molar-refractivity contribution < 1.29 is 19.4 Å². The second kappa shape index (κ2) is 9.14. The molecule has 134 valence electrons. The van der Waals surface area contributed by atoms with Crippen molar-refractivity contribution in [1.82, 2.24) is 0 Å². The van der Waals surface area contributed by atoms with Crippen LogP contribution >= 0.6 is 0 Å². The fourth-order valence-electron chi connectivity index (χ4n) is 2.21. The number of carbonyl (C=O) groups excluding carboxylic acids is 1. The summed E-state index contributed by atoms with van der Waals surface area (Å²) in [5, 5.41) is 21.7. The fraction of sp³-hybridized carbons (Fsp3) is 0.200. The highest BCUT2D eigenvalue weighted by atomic mass is 16.5. The molecule has 0 saturated heterocycles. The summed E-state index contributed by atoms with van der Waals surface area (Å²) in [5.74, 6) is 0.476. The van der Waals surface area contributed by atoms with Crippen molar-refractivity contribution in [2.24, 2.45) is 0 Å². The second-order valence-electron chi connectivity index (χ2n) is 5.24. The van der Waals surface area contributed by atoms with Crippen molar-refractivity contribution in [1.29, 1.82) is 5.26 Å². The van der Waals surface area contributed by atoms with Gasteiger partial charge in [-0.25, -0.2) is 0 Å². The van der Waals surface area contributed by atoms with Crippen LogP contribution in [-0.4, -0.2) is 24.2 Å². The minimum atomic E-state index is -0.525. The van der Waals surface area contributed by atoms with Gasteiger partial charge in [-0.3, -0.25) is 4.79 Å². The Morgan fingerprint density at radius 3 is 2.46 bits per heavy atom. The summed E-state index contributed by atoms with van der Waals surface area (Å²) in [6, 6.07) is 13.4. The molecule has 0 aromatic heterocycles. The third-order valence-electron chi connectivity index (χ3n) is 3.38. The van der Waals surface area contributed by atoms with Gasteiger partial charge < -0.3 is 19.9 Å². The Morgan fingerprint density at radius 2 is 1.85 bits per heavy atom. The average Bonchev–Trinajstić information content (AvgIpc) is 2.64. The van der Waals surface area contributed by atoms with Gasteiger partial charge in [-0.05, 0) is 61.9 Å². The van der Waals surface area contributed by atoms with Crippen LogP contribution in [0.4, 0.5) is 5.69 Å². The number of rotatable bonds is 7. The third kappa shape index (κ3) is 5.02. The van der Waals surface area contributed by atoms with Gasteiger partial charge in [0.15, 0.2) is 11.5 Å². The minimum Gasteiger partial charge on any atom is -0.504 e. The van der Waals surface area contributed by atoms with E-state index in [0.29, 0.717) is 36.0 Å². The second-order valence-corrected chi connectivity index (χ2v) is 5.24. The Labute approximate surface area is 152 Å². The normalized spacial score (nSPS) is 10.7. The monoisotopic (exact) mass is 352 g/mol. The molecule has 0 atom stereocenters. The molecule has 2 aromatic rings. The van der Waals surface area contributed by atoms with Gasteiger partial charge in [0.25, 0.3) is 5.91 Å². The number of ether oxygens (including phenoxy) is 2. The van der Waals surface area contributed by atoms with E-state index in [0.717, 1.165) is 0 Å². The molecule has 0 saturated carbocycles. The number of nitriles is 1. The molecular formula is C20H20N2O4. The number of phenolic OH excluding ortho intramolecular Hbond substituents is 1. The molecule has 0 heterocycles. The maximum Gasteiger partial charge on any atom is 0.266 e. The van der Waals surface area contributed by atoms with Gasteiger partial charge in [-0.15, -0.1) is 0 Å². The number of hydrogen-bond acceptors (Lipinski definition) is 5. The number of nitrogens with one attached hydrogen (secondary N) is 1. The van der Waals surface area contributed by atoms with E-state index < -0.39 is 5.91 Å². The summed E-state index contributed by atoms with van der Waals surface area (Å²) in [4.78, 5) is 12.3. The topological polar surface area (TPSA) is 91.6 Å². The Bertz CT molecular complexity index is 836. The van der Waals surface area contributed by atoms with Crippen molar-refractivity contribution in [2.45, 2.75) is 13.8 Å². The Morgan fingerprint density at radius 1 is 1.15 bits per heavy atom. The molecule has 0 aliphatic carbocycles. The zero-order valence-corrected chi connectivity index (χ0v) is 14.7. The summed E-state index contributed by atoms with van der Waals surface area (Å²) in [7, 11) is 0. The largest absolute Gasteiger partial charge is 0.504 e. The Balaban J connectivity index is 2.16. The lowest BCUT2D eigenvalue weighted by atomic mass is 10.1. The molecule has 2 N–H and O–H groups in total. The molecule has 2 rings (SSSR count). The van der Waals surface area contributed by atoms with E-state index in [-0.39, 0.29) is 11.3 Å². The number of phenols is 1. The predicted molar refractivity (Wildman–Crippen MR) is 99.1 cm³/mol. The molecule has 0 spiro atoms. The maximum absolute atomic E-state index is 12.3. The molecule has 0 unspecified atom stereocenters. The molecule has 0 bridgehead atoms. The first-order valence-corrected chi connectivity index (χ1v) is 8.19. The van der Waals surface area contributed by atoms with E-state index in [2.05, 4.69) is 5.32 Å². The van der Waals surface area contributed by atoms with E-state index in [1.807, 2.05) is 13.0 Å². The molecule has 0 radical (unpaired) electrons. The van der Waals surface area contributed by atoms with Gasteiger partial charge in [0, 0.05) is 5.69 Å². The van der Waals surface area contributed by atoms with Crippen LogP contribution in [0, 0.1) is 11.3 Å². The Kier molecular flexibility index (Phi) is 6.63. The van der Waals surface area contributed by atoms with Crippen molar-refractivity contribution >= 4 is 17.7 Å². The van der Waals surface area contributed by atoms with Gasteiger partial charge in [0.1, 0.15) is 17.4 Å². The predicted octanol–water partition coefficient (Wildman–Crippen LogP) is 3.74. The first kappa shape index (κ1) is 18.9. The third-order valence-corrected chi connectivity index (χ3v) is 3.38. The van der Waals surface area contributed by atoms with Crippen LogP contribution in [0.2, 0.25) is 0 Å². The Hall–Kier alpha value is -3.46. The zero-order valence-electron chi connectivity index (χ0n) is 14.7. The molecule has 0 aliphatic rings. The lowest BCUT2D eigenvalue weighted by molar-refractivity contribution is -0.112. The summed E-state index contributed by atoms with van der Waals surface area (Å²) in [6.07, 6.45) is 1.44. The highest BCUT2D eigenvalue weighted by Crippen LogP contribution is 2.28. The van der Waals surface area contributed by atoms with Crippen molar-refractivity contribution in [3.05, 3.63) is 53.6 Å². The van der Waals surface area contributed by atoms with Crippen LogP contribution in [0.3, 0.4) is 0 Å². The van der Waals surface area contributed by atoms with Gasteiger partial charge in [-0.1, -0.05) is 6.07 Å². The lowest BCUT2D eigenvalue weighted by Gasteiger charge is -2.08. The standard InChI is InChI=1S/C20H20N2O4/c1-3-25-17-8-6-16(7-9-17)22-20(24)15(13-21)11-14-5-10-18(23)19(12-14)26-4-2/h5-12,23H,3-4H2,1-2H3,(H,22,24)/b15-11-. The van der Waals surface area contributed by atoms with Gasteiger partial charge in [-0.2, -0.15) is 5.26 Å². The van der Waals surface area contributed by atoms with Crippen molar-refractivity contribution in [3.8, 4) is 23.3 Å². The first-order valence-electron chi connectivity index (χ1n) is 8.19. The summed E-state index contributed by atoms with van der Waals surface area (Å²) < 4.78 is 10.7. The summed E-state index contributed by atoms with van der Waals surface area (Å²) in [6.45, 7) is 4.64. The first-order chi connectivity index (χ1) is 12.6. The molecule has 6 heteroatoms. The van der Waals surface area contributed by atoms with Gasteiger partial charge in [0.2, 0.25) is 0 Å². The van der Waals surface area contributed by atoms with Crippen LogP contribution in [0.25, 0.3) is 6.08 Å². The maximum atomic E-state index is 12.3. The van der Waals surface area contributed by atoms with Crippen molar-refractivity contribution in [3.63, 3.8) is 0 Å². The quantitative estimate of drug-likeness (QED) is 0.585. The number of aromatic hydroxyl groups is 1. The molecular weight excluding hydrogens is 332 g/mol. The highest BCUT2D eigenvalue weighted by Gasteiger charge is 2.11. The number of amides is 1. The summed E-state index contributed by atoms with van der Waals surface area (Å²) >= 11 is 0. The fourth-order valence-corrected chi connectivity index (χ4v) is 2.21. The van der Waals surface area contributed by atoms with E-state index in [1.165, 1.54) is 12.1 Å². The van der Waals surface area contributed by atoms with Crippen LogP contribution in [0.5, 0.6) is 17.2 Å². The van der Waals surface area contributed by atoms with E-state index in [4.69, 9.17) is 9.47 Å². The average molecular weight is 352 g/mol. The number of hydrogen-bond donors (Lipinski definition) is 2. The minimum absolute atomic E-state index is 0.00125. The molecule has 6 nitrogen and oxygen atoms in total. The van der Waals surface area contributed by atoms with Crippen LogP contribution in [0.15, 0.2) is 48.0 Å². The SMILES string of the molecule is CCOc1ccc(NC(=O)/C(C#N)=C\c2ccc(O)c(OCC)c2)cc1. The van der Waals surface area contributed by atoms with Crippen LogP contribution in [-0.2, 0) is 4.79 Å². The molecule has 0 aliphatic heterocycles. The van der Waals surface area contributed by atoms with E-state index >= 15 is 0 Å². The van der Waals surface area contributed by atoms with Gasteiger partial charge >= 0.3 is 0 Å². The number of benzene rings is 2. The lowest BCUT2D eigenvalue weighted by Crippen LogP contribution is -2.13. The molecule has 2 aromatic carbocycles. The van der Waals surface area contributed by atoms with E-state index in [1.54, 1.807) is 43.3 Å². The zero-order chi connectivity index (χ0) is 18.9. The smallest absolute Gasteiger partial charge is 0.266 e. The number of anilines is 1. The number of nitrogens with zero attached hydrogens (tertiary/aromatic N) is 1. The van der Waals surface area contributed by atoms with Crippen molar-refractivity contribution in [2.75, 3.05) is 18.5 Å². The van der Waals surface area contributed by atoms with Crippen LogP contribution in [0.1, 0.15) is 19.4 Å². The highest BCUT2D eigenvalue weighted by molar-refractivity contribution is 6.09. The van der Waals surface area contributed by atoms with Gasteiger partial charge in [0.05, 0.1) is 13.2 Å². The van der Waals surface area contributed by atoms with E-state index in [9.17, 15) is 15.2 Å². The molecule has 26 heavy (non-hydrogen) atoms. The molecule has 1 amide bonds.